The number of fused-ring (bicyclic) bond motifs is 1. The van der Waals surface area contributed by atoms with Gasteiger partial charge in [0.15, 0.2) is 0 Å². The molecule has 3 heteroatoms. The summed E-state index contributed by atoms with van der Waals surface area (Å²) in [5, 5.41) is 0.807. The highest BCUT2D eigenvalue weighted by Crippen LogP contribution is 2.38. The topological polar surface area (TPSA) is 3.24 Å². The van der Waals surface area contributed by atoms with E-state index in [4.69, 9.17) is 11.6 Å². The van der Waals surface area contributed by atoms with Crippen LogP contribution in [0.2, 0.25) is 5.02 Å². The van der Waals surface area contributed by atoms with Gasteiger partial charge in [-0.05, 0) is 55.8 Å². The maximum Gasteiger partial charge on any atom is 0.0406 e. The van der Waals surface area contributed by atoms with Gasteiger partial charge in [-0.25, -0.2) is 0 Å². The summed E-state index contributed by atoms with van der Waals surface area (Å²) in [7, 11) is 4.36. The van der Waals surface area contributed by atoms with E-state index in [9.17, 15) is 0 Å². The fraction of sp³-hybridized carbons (Fsp3) is 0.333. The summed E-state index contributed by atoms with van der Waals surface area (Å²) in [5.74, 6) is 0.476. The standard InChI is InChI=1S/C18H20ClN.ClH/c1-20(2)16-11-14-5-3-4-6-17(14)18(12-16)13-7-9-15(19)10-8-13;/h3-10,16,18H,11-12H2,1-2H3;1H/t16-,18-;/m0./s1. The summed E-state index contributed by atoms with van der Waals surface area (Å²) in [6, 6.07) is 17.8. The number of likely N-dealkylation sites (N-methyl/N-ethyl adjacent to an activating group) is 1. The van der Waals surface area contributed by atoms with Crippen LogP contribution in [0.5, 0.6) is 0 Å². The molecule has 0 amide bonds. The van der Waals surface area contributed by atoms with E-state index in [2.05, 4.69) is 55.4 Å². The molecule has 1 nitrogen and oxygen atoms in total. The number of benzene rings is 2. The van der Waals surface area contributed by atoms with E-state index in [1.165, 1.54) is 23.1 Å². The van der Waals surface area contributed by atoms with Crippen molar-refractivity contribution in [3.63, 3.8) is 0 Å². The molecule has 0 bridgehead atoms. The molecule has 0 aliphatic heterocycles. The third kappa shape index (κ3) is 3.42. The second-order valence-corrected chi connectivity index (χ2v) is 6.30. The molecule has 3 rings (SSSR count). The van der Waals surface area contributed by atoms with E-state index in [0.29, 0.717) is 12.0 Å². The Morgan fingerprint density at radius 2 is 1.67 bits per heavy atom. The summed E-state index contributed by atoms with van der Waals surface area (Å²) in [6.45, 7) is 0. The van der Waals surface area contributed by atoms with Gasteiger partial charge in [-0.1, -0.05) is 48.0 Å². The lowest BCUT2D eigenvalue weighted by molar-refractivity contribution is 0.258. The molecule has 2 atom stereocenters. The molecule has 0 heterocycles. The van der Waals surface area contributed by atoms with Crippen LogP contribution in [0.15, 0.2) is 48.5 Å². The van der Waals surface area contributed by atoms with Gasteiger partial charge < -0.3 is 4.90 Å². The van der Waals surface area contributed by atoms with E-state index in [-0.39, 0.29) is 12.4 Å². The van der Waals surface area contributed by atoms with Crippen molar-refractivity contribution in [1.29, 1.82) is 0 Å². The number of hydrogen-bond donors (Lipinski definition) is 0. The van der Waals surface area contributed by atoms with Gasteiger partial charge in [0.05, 0.1) is 0 Å². The zero-order valence-corrected chi connectivity index (χ0v) is 14.0. The lowest BCUT2D eigenvalue weighted by atomic mass is 9.76. The van der Waals surface area contributed by atoms with Gasteiger partial charge >= 0.3 is 0 Å². The van der Waals surface area contributed by atoms with Crippen LogP contribution in [-0.2, 0) is 6.42 Å². The molecule has 21 heavy (non-hydrogen) atoms. The monoisotopic (exact) mass is 321 g/mol. The van der Waals surface area contributed by atoms with Crippen LogP contribution < -0.4 is 0 Å². The second kappa shape index (κ2) is 6.83. The average Bonchev–Trinajstić information content (AvgIpc) is 2.47. The molecule has 0 N–H and O–H groups in total. The highest BCUT2D eigenvalue weighted by molar-refractivity contribution is 6.30. The van der Waals surface area contributed by atoms with Crippen LogP contribution >= 0.6 is 24.0 Å². The van der Waals surface area contributed by atoms with Crippen LogP contribution in [0.25, 0.3) is 0 Å². The van der Waals surface area contributed by atoms with E-state index in [0.717, 1.165) is 11.4 Å². The predicted octanol–water partition coefficient (Wildman–Crippen LogP) is 4.77. The summed E-state index contributed by atoms with van der Waals surface area (Å²) in [5.41, 5.74) is 4.33. The second-order valence-electron chi connectivity index (χ2n) is 5.86. The minimum absolute atomic E-state index is 0. The summed E-state index contributed by atoms with van der Waals surface area (Å²) >= 11 is 6.02. The van der Waals surface area contributed by atoms with Crippen LogP contribution in [0.3, 0.4) is 0 Å². The van der Waals surface area contributed by atoms with Crippen molar-refractivity contribution in [2.75, 3.05) is 14.1 Å². The third-order valence-corrected chi connectivity index (χ3v) is 4.65. The van der Waals surface area contributed by atoms with Crippen molar-refractivity contribution >= 4 is 24.0 Å². The number of halogens is 2. The Hall–Kier alpha value is -1.02. The molecule has 0 unspecified atom stereocenters. The Morgan fingerprint density at radius 1 is 1.00 bits per heavy atom. The smallest absolute Gasteiger partial charge is 0.0406 e. The Bertz CT molecular complexity index is 592. The van der Waals surface area contributed by atoms with Gasteiger partial charge in [-0.2, -0.15) is 0 Å². The zero-order valence-electron chi connectivity index (χ0n) is 12.4. The van der Waals surface area contributed by atoms with Crippen LogP contribution in [-0.4, -0.2) is 25.0 Å². The molecule has 0 fully saturated rings. The van der Waals surface area contributed by atoms with Crippen molar-refractivity contribution in [3.05, 3.63) is 70.2 Å². The summed E-state index contributed by atoms with van der Waals surface area (Å²) in [4.78, 5) is 2.35. The zero-order chi connectivity index (χ0) is 14.1. The van der Waals surface area contributed by atoms with E-state index in [1.54, 1.807) is 0 Å². The summed E-state index contributed by atoms with van der Waals surface area (Å²) in [6.07, 6.45) is 2.32. The van der Waals surface area contributed by atoms with Crippen molar-refractivity contribution < 1.29 is 0 Å². The van der Waals surface area contributed by atoms with Crippen molar-refractivity contribution in [3.8, 4) is 0 Å². The van der Waals surface area contributed by atoms with Crippen molar-refractivity contribution in [2.45, 2.75) is 24.8 Å². The summed E-state index contributed by atoms with van der Waals surface area (Å²) < 4.78 is 0. The maximum atomic E-state index is 6.02. The Balaban J connectivity index is 0.00000161. The highest BCUT2D eigenvalue weighted by Gasteiger charge is 2.28. The molecule has 1 aliphatic carbocycles. The van der Waals surface area contributed by atoms with Crippen LogP contribution in [0, 0.1) is 0 Å². The van der Waals surface area contributed by atoms with Crippen molar-refractivity contribution in [2.24, 2.45) is 0 Å². The van der Waals surface area contributed by atoms with Gasteiger partial charge in [0.25, 0.3) is 0 Å². The SMILES string of the molecule is CN(C)[C@H]1Cc2ccccc2[C@H](c2ccc(Cl)cc2)C1.Cl. The number of hydrogen-bond acceptors (Lipinski definition) is 1. The molecular formula is C18H21Cl2N. The Morgan fingerprint density at radius 3 is 2.33 bits per heavy atom. The third-order valence-electron chi connectivity index (χ3n) is 4.40. The molecular weight excluding hydrogens is 301 g/mol. The highest BCUT2D eigenvalue weighted by atomic mass is 35.5. The molecule has 0 aromatic heterocycles. The van der Waals surface area contributed by atoms with Gasteiger partial charge in [0.1, 0.15) is 0 Å². The average molecular weight is 322 g/mol. The normalized spacial score (nSPS) is 20.8. The van der Waals surface area contributed by atoms with E-state index < -0.39 is 0 Å². The first kappa shape index (κ1) is 16.4. The lowest BCUT2D eigenvalue weighted by Gasteiger charge is -2.35. The molecule has 0 spiro atoms. The van der Waals surface area contributed by atoms with Crippen LogP contribution in [0.1, 0.15) is 29.0 Å². The number of nitrogens with zero attached hydrogens (tertiary/aromatic N) is 1. The maximum absolute atomic E-state index is 6.02. The predicted molar refractivity (Wildman–Crippen MR) is 92.8 cm³/mol. The fourth-order valence-electron chi connectivity index (χ4n) is 3.20. The van der Waals surface area contributed by atoms with Crippen molar-refractivity contribution in [1.82, 2.24) is 4.90 Å². The number of rotatable bonds is 2. The van der Waals surface area contributed by atoms with E-state index in [1.807, 2.05) is 12.1 Å². The molecule has 0 saturated carbocycles. The minimum atomic E-state index is 0. The molecule has 0 radical (unpaired) electrons. The first-order valence-electron chi connectivity index (χ1n) is 7.15. The van der Waals surface area contributed by atoms with Gasteiger partial charge in [0.2, 0.25) is 0 Å². The van der Waals surface area contributed by atoms with E-state index >= 15 is 0 Å². The molecule has 1 aliphatic rings. The Labute approximate surface area is 138 Å². The minimum Gasteiger partial charge on any atom is -0.306 e. The fourth-order valence-corrected chi connectivity index (χ4v) is 3.33. The van der Waals surface area contributed by atoms with Crippen LogP contribution in [0.4, 0.5) is 0 Å². The molecule has 0 saturated heterocycles. The lowest BCUT2D eigenvalue weighted by Crippen LogP contribution is -2.35. The first-order chi connectivity index (χ1) is 9.65. The van der Waals surface area contributed by atoms with Gasteiger partial charge in [0, 0.05) is 17.0 Å². The largest absolute Gasteiger partial charge is 0.306 e. The molecule has 2 aromatic carbocycles. The van der Waals surface area contributed by atoms with Gasteiger partial charge in [-0.15, -0.1) is 12.4 Å². The quantitative estimate of drug-likeness (QED) is 0.770. The van der Waals surface area contributed by atoms with Gasteiger partial charge in [-0.3, -0.25) is 0 Å². The molecule has 2 aromatic rings. The Kier molecular flexibility index (Phi) is 5.32. The molecule has 112 valence electrons. The first-order valence-corrected chi connectivity index (χ1v) is 7.52.